The van der Waals surface area contributed by atoms with Crippen molar-refractivity contribution in [3.8, 4) is 0 Å². The van der Waals surface area contributed by atoms with E-state index in [1.807, 2.05) is 56.0 Å². The van der Waals surface area contributed by atoms with E-state index in [9.17, 15) is 4.79 Å². The fourth-order valence-corrected chi connectivity index (χ4v) is 5.38. The first-order valence-corrected chi connectivity index (χ1v) is 11.9. The molecule has 0 atom stereocenters. The number of nitrogens with zero attached hydrogens (tertiary/aromatic N) is 3. The van der Waals surface area contributed by atoms with Gasteiger partial charge >= 0.3 is 0 Å². The smallest absolute Gasteiger partial charge is 0.260 e. The van der Waals surface area contributed by atoms with Crippen LogP contribution in [-0.4, -0.2) is 55.2 Å². The molecule has 0 unspecified atom stereocenters. The highest BCUT2D eigenvalue weighted by Crippen LogP contribution is 2.34. The van der Waals surface area contributed by atoms with Crippen LogP contribution < -0.4 is 4.90 Å². The third-order valence-electron chi connectivity index (χ3n) is 5.70. The number of aryl methyl sites for hydroxylation is 3. The minimum atomic E-state index is 0. The number of rotatable bonds is 6. The Bertz CT molecular complexity index is 1100. The summed E-state index contributed by atoms with van der Waals surface area (Å²) in [6, 6.07) is 9.87. The van der Waals surface area contributed by atoms with Crippen LogP contribution >= 0.6 is 35.3 Å². The summed E-state index contributed by atoms with van der Waals surface area (Å²) in [7, 11) is 0. The van der Waals surface area contributed by atoms with Crippen molar-refractivity contribution in [2.24, 2.45) is 0 Å². The minimum absolute atomic E-state index is 0. The topological polar surface area (TPSA) is 45.7 Å². The lowest BCUT2D eigenvalue weighted by molar-refractivity contribution is 0.0376. The molecule has 4 rings (SSSR count). The first-order valence-electron chi connectivity index (χ1n) is 10.7. The molecule has 1 saturated heterocycles. The maximum Gasteiger partial charge on any atom is 0.260 e. The Morgan fingerprint density at radius 1 is 1.16 bits per heavy atom. The van der Waals surface area contributed by atoms with Crippen LogP contribution in [0.5, 0.6) is 0 Å². The van der Waals surface area contributed by atoms with Crippen molar-refractivity contribution < 1.29 is 9.53 Å². The van der Waals surface area contributed by atoms with Crippen molar-refractivity contribution in [2.75, 3.05) is 44.3 Å². The number of ether oxygens (including phenoxy) is 1. The zero-order chi connectivity index (χ0) is 22.0. The van der Waals surface area contributed by atoms with Crippen molar-refractivity contribution in [1.82, 2.24) is 9.88 Å². The second kappa shape index (κ2) is 10.9. The molecule has 5 nitrogen and oxygen atoms in total. The molecule has 1 aliphatic heterocycles. The number of halogens is 2. The number of carbonyl (C=O) groups is 1. The molecule has 2 aromatic carbocycles. The molecule has 0 N–H and O–H groups in total. The summed E-state index contributed by atoms with van der Waals surface area (Å²) >= 11 is 7.79. The van der Waals surface area contributed by atoms with Gasteiger partial charge in [-0.05, 0) is 56.5 Å². The second-order valence-electron chi connectivity index (χ2n) is 8.15. The number of aromatic nitrogens is 1. The average Bonchev–Trinajstić information content (AvgIpc) is 3.17. The first-order chi connectivity index (χ1) is 14.9. The lowest BCUT2D eigenvalue weighted by Gasteiger charge is -2.28. The molecule has 0 radical (unpaired) electrons. The van der Waals surface area contributed by atoms with E-state index in [-0.39, 0.29) is 18.3 Å². The molecule has 32 heavy (non-hydrogen) atoms. The van der Waals surface area contributed by atoms with E-state index in [2.05, 4.69) is 4.90 Å². The zero-order valence-corrected chi connectivity index (χ0v) is 21.1. The maximum absolute atomic E-state index is 13.7. The highest BCUT2D eigenvalue weighted by atomic mass is 35.5. The summed E-state index contributed by atoms with van der Waals surface area (Å²) in [5, 5.41) is 1.42. The molecule has 1 aromatic heterocycles. The highest BCUT2D eigenvalue weighted by Gasteiger charge is 2.23. The molecular weight excluding hydrogens is 465 g/mol. The van der Waals surface area contributed by atoms with Gasteiger partial charge in [-0.2, -0.15) is 0 Å². The lowest BCUT2D eigenvalue weighted by Crippen LogP contribution is -2.39. The van der Waals surface area contributed by atoms with E-state index < -0.39 is 0 Å². The van der Waals surface area contributed by atoms with Gasteiger partial charge in [0.1, 0.15) is 0 Å². The SMILES string of the molecule is Cc1ccc(C)c(C(=O)N(CCCN2CCOCC2)c2nc3c(C)cc(Cl)cc3s2)c1.Cl. The average molecular weight is 494 g/mol. The zero-order valence-electron chi connectivity index (χ0n) is 18.7. The Morgan fingerprint density at radius 3 is 2.66 bits per heavy atom. The molecular formula is C24H29Cl2N3O2S. The molecule has 172 valence electrons. The normalized spacial score (nSPS) is 14.4. The van der Waals surface area contributed by atoms with Crippen LogP contribution in [-0.2, 0) is 4.74 Å². The monoisotopic (exact) mass is 493 g/mol. The molecule has 3 aromatic rings. The van der Waals surface area contributed by atoms with Gasteiger partial charge in [0.15, 0.2) is 5.13 Å². The quantitative estimate of drug-likeness (QED) is 0.443. The molecule has 1 fully saturated rings. The van der Waals surface area contributed by atoms with Crippen molar-refractivity contribution >= 4 is 56.6 Å². The van der Waals surface area contributed by atoms with Gasteiger partial charge in [-0.25, -0.2) is 4.98 Å². The maximum atomic E-state index is 13.7. The van der Waals surface area contributed by atoms with Crippen LogP contribution in [0.1, 0.15) is 33.5 Å². The largest absolute Gasteiger partial charge is 0.379 e. The van der Waals surface area contributed by atoms with Crippen LogP contribution in [0.25, 0.3) is 10.2 Å². The third kappa shape index (κ3) is 5.61. The van der Waals surface area contributed by atoms with Crippen LogP contribution in [0.15, 0.2) is 30.3 Å². The Morgan fingerprint density at radius 2 is 1.91 bits per heavy atom. The Labute approximate surface area is 204 Å². The Hall–Kier alpha value is -1.70. The van der Waals surface area contributed by atoms with Crippen LogP contribution in [0.4, 0.5) is 5.13 Å². The number of amides is 1. The number of carbonyl (C=O) groups excluding carboxylic acids is 1. The molecule has 1 aliphatic rings. The fraction of sp³-hybridized carbons (Fsp3) is 0.417. The van der Waals surface area contributed by atoms with Crippen molar-refractivity contribution in [1.29, 1.82) is 0 Å². The van der Waals surface area contributed by atoms with Crippen LogP contribution in [0.2, 0.25) is 5.02 Å². The summed E-state index contributed by atoms with van der Waals surface area (Å²) in [5.74, 6) is 0.00554. The molecule has 0 spiro atoms. The van der Waals surface area contributed by atoms with E-state index in [1.54, 1.807) is 0 Å². The van der Waals surface area contributed by atoms with E-state index >= 15 is 0 Å². The van der Waals surface area contributed by atoms with Gasteiger partial charge in [0, 0.05) is 36.8 Å². The van der Waals surface area contributed by atoms with Gasteiger partial charge in [-0.1, -0.05) is 40.6 Å². The first kappa shape index (κ1) is 24.9. The number of benzene rings is 2. The predicted molar refractivity (Wildman–Crippen MR) is 136 cm³/mol. The standard InChI is InChI=1S/C24H28ClN3O2S.ClH/c1-16-5-6-17(2)20(13-16)23(29)28(8-4-7-27-9-11-30-12-10-27)24-26-22-18(3)14-19(25)15-21(22)31-24;/h5-6,13-15H,4,7-12H2,1-3H3;1H. The van der Waals surface area contributed by atoms with Gasteiger partial charge in [-0.15, -0.1) is 12.4 Å². The number of hydrogen-bond donors (Lipinski definition) is 0. The van der Waals surface area contributed by atoms with Crippen LogP contribution in [0, 0.1) is 20.8 Å². The minimum Gasteiger partial charge on any atom is -0.379 e. The van der Waals surface area contributed by atoms with Gasteiger partial charge in [0.2, 0.25) is 0 Å². The van der Waals surface area contributed by atoms with E-state index in [4.69, 9.17) is 21.3 Å². The molecule has 0 aliphatic carbocycles. The summed E-state index contributed by atoms with van der Waals surface area (Å²) in [5.41, 5.74) is 4.73. The van der Waals surface area contributed by atoms with Crippen molar-refractivity contribution in [2.45, 2.75) is 27.2 Å². The van der Waals surface area contributed by atoms with E-state index in [0.29, 0.717) is 11.6 Å². The number of anilines is 1. The van der Waals surface area contributed by atoms with Gasteiger partial charge < -0.3 is 4.74 Å². The van der Waals surface area contributed by atoms with Crippen LogP contribution in [0.3, 0.4) is 0 Å². The highest BCUT2D eigenvalue weighted by molar-refractivity contribution is 7.22. The van der Waals surface area contributed by atoms with E-state index in [0.717, 1.165) is 76.9 Å². The Kier molecular flexibility index (Phi) is 8.53. The Balaban J connectivity index is 0.00000289. The van der Waals surface area contributed by atoms with Gasteiger partial charge in [0.25, 0.3) is 5.91 Å². The summed E-state index contributed by atoms with van der Waals surface area (Å²) in [6.45, 7) is 11.0. The predicted octanol–water partition coefficient (Wildman–Crippen LogP) is 5.67. The van der Waals surface area contributed by atoms with E-state index in [1.165, 1.54) is 11.3 Å². The summed E-state index contributed by atoms with van der Waals surface area (Å²) in [4.78, 5) is 22.8. The number of thiazole rings is 1. The molecule has 2 heterocycles. The van der Waals surface area contributed by atoms with Crippen molar-refractivity contribution in [3.05, 3.63) is 57.6 Å². The second-order valence-corrected chi connectivity index (χ2v) is 9.59. The number of fused-ring (bicyclic) bond motifs is 1. The number of morpholine rings is 1. The summed E-state index contributed by atoms with van der Waals surface area (Å²) in [6.07, 6.45) is 0.881. The molecule has 1 amide bonds. The van der Waals surface area contributed by atoms with Gasteiger partial charge in [-0.3, -0.25) is 14.6 Å². The number of hydrogen-bond acceptors (Lipinski definition) is 5. The van der Waals surface area contributed by atoms with Gasteiger partial charge in [0.05, 0.1) is 23.4 Å². The summed E-state index contributed by atoms with van der Waals surface area (Å²) < 4.78 is 6.45. The fourth-order valence-electron chi connectivity index (χ4n) is 3.93. The third-order valence-corrected chi connectivity index (χ3v) is 6.94. The molecule has 8 heteroatoms. The lowest BCUT2D eigenvalue weighted by atomic mass is 10.0. The van der Waals surface area contributed by atoms with Crippen molar-refractivity contribution in [3.63, 3.8) is 0 Å². The molecule has 0 bridgehead atoms. The molecule has 0 saturated carbocycles.